The van der Waals surface area contributed by atoms with E-state index in [4.69, 9.17) is 17.0 Å². The lowest BCUT2D eigenvalue weighted by Crippen LogP contribution is -2.36. The SMILES string of the molecule is C=C1CC(=N)CN(c2ccc(Cl)c3ncccc23)C1. The zero-order chi connectivity index (χ0) is 13.4. The summed E-state index contributed by atoms with van der Waals surface area (Å²) in [5, 5.41) is 9.59. The molecule has 1 aliphatic rings. The molecule has 19 heavy (non-hydrogen) atoms. The van der Waals surface area contributed by atoms with Gasteiger partial charge in [0, 0.05) is 35.9 Å². The van der Waals surface area contributed by atoms with Crippen molar-refractivity contribution in [3.05, 3.63) is 47.6 Å². The molecule has 0 atom stereocenters. The maximum absolute atomic E-state index is 7.90. The van der Waals surface area contributed by atoms with Crippen molar-refractivity contribution in [3.63, 3.8) is 0 Å². The summed E-state index contributed by atoms with van der Waals surface area (Å²) >= 11 is 6.18. The van der Waals surface area contributed by atoms with Crippen LogP contribution in [0.15, 0.2) is 42.6 Å². The van der Waals surface area contributed by atoms with Gasteiger partial charge in [0.2, 0.25) is 0 Å². The van der Waals surface area contributed by atoms with Crippen LogP contribution in [0.4, 0.5) is 5.69 Å². The van der Waals surface area contributed by atoms with Crippen LogP contribution in [0.1, 0.15) is 6.42 Å². The Morgan fingerprint density at radius 2 is 2.11 bits per heavy atom. The van der Waals surface area contributed by atoms with E-state index >= 15 is 0 Å². The summed E-state index contributed by atoms with van der Waals surface area (Å²) in [4.78, 5) is 6.50. The number of nitrogens with zero attached hydrogens (tertiary/aromatic N) is 2. The molecule has 0 spiro atoms. The standard InChI is InChI=1S/C15H14ClN3/c1-10-7-11(17)9-19(8-10)14-5-4-13(16)15-12(14)3-2-6-18-15/h2-6,17H,1,7-9H2. The van der Waals surface area contributed by atoms with Crippen molar-refractivity contribution in [2.45, 2.75) is 6.42 Å². The average molecular weight is 272 g/mol. The van der Waals surface area contributed by atoms with Crippen molar-refractivity contribution in [1.29, 1.82) is 5.41 Å². The van der Waals surface area contributed by atoms with E-state index in [9.17, 15) is 0 Å². The van der Waals surface area contributed by atoms with Crippen LogP contribution in [0.5, 0.6) is 0 Å². The van der Waals surface area contributed by atoms with Crippen molar-refractivity contribution >= 4 is 33.9 Å². The first-order valence-corrected chi connectivity index (χ1v) is 6.54. The zero-order valence-electron chi connectivity index (χ0n) is 10.5. The van der Waals surface area contributed by atoms with Gasteiger partial charge in [-0.05, 0) is 24.3 Å². The van der Waals surface area contributed by atoms with Crippen molar-refractivity contribution in [3.8, 4) is 0 Å². The van der Waals surface area contributed by atoms with Gasteiger partial charge in [0.1, 0.15) is 0 Å². The second-order valence-electron chi connectivity index (χ2n) is 4.85. The minimum absolute atomic E-state index is 0.643. The molecule has 0 aliphatic carbocycles. The number of piperidine rings is 1. The molecule has 4 heteroatoms. The third-order valence-electron chi connectivity index (χ3n) is 3.30. The molecular formula is C15H14ClN3. The molecule has 0 unspecified atom stereocenters. The Labute approximate surface area is 117 Å². The number of anilines is 1. The third-order valence-corrected chi connectivity index (χ3v) is 3.60. The van der Waals surface area contributed by atoms with Gasteiger partial charge in [0.15, 0.2) is 0 Å². The number of rotatable bonds is 1. The van der Waals surface area contributed by atoms with Gasteiger partial charge in [0.25, 0.3) is 0 Å². The molecule has 96 valence electrons. The van der Waals surface area contributed by atoms with Gasteiger partial charge in [-0.3, -0.25) is 4.98 Å². The van der Waals surface area contributed by atoms with Gasteiger partial charge in [-0.1, -0.05) is 23.8 Å². The topological polar surface area (TPSA) is 40.0 Å². The molecule has 1 fully saturated rings. The number of pyridine rings is 1. The highest BCUT2D eigenvalue weighted by Crippen LogP contribution is 2.32. The van der Waals surface area contributed by atoms with Crippen LogP contribution in [0, 0.1) is 5.41 Å². The van der Waals surface area contributed by atoms with E-state index in [1.165, 1.54) is 0 Å². The third kappa shape index (κ3) is 2.22. The van der Waals surface area contributed by atoms with E-state index < -0.39 is 0 Å². The molecular weight excluding hydrogens is 258 g/mol. The fourth-order valence-corrected chi connectivity index (χ4v) is 2.75. The lowest BCUT2D eigenvalue weighted by Gasteiger charge is -2.31. The summed E-state index contributed by atoms with van der Waals surface area (Å²) in [6.07, 6.45) is 2.45. The Balaban J connectivity index is 2.12. The molecule has 1 saturated heterocycles. The van der Waals surface area contributed by atoms with E-state index in [1.54, 1.807) is 6.20 Å². The van der Waals surface area contributed by atoms with Gasteiger partial charge < -0.3 is 10.3 Å². The molecule has 1 N–H and O–H groups in total. The van der Waals surface area contributed by atoms with Crippen molar-refractivity contribution < 1.29 is 0 Å². The Morgan fingerprint density at radius 3 is 2.89 bits per heavy atom. The maximum Gasteiger partial charge on any atom is 0.0908 e. The van der Waals surface area contributed by atoms with Crippen molar-refractivity contribution in [2.75, 3.05) is 18.0 Å². The Kier molecular flexibility index (Phi) is 2.99. The van der Waals surface area contributed by atoms with E-state index in [0.29, 0.717) is 23.7 Å². The highest BCUT2D eigenvalue weighted by Gasteiger charge is 2.19. The van der Waals surface area contributed by atoms with Gasteiger partial charge >= 0.3 is 0 Å². The van der Waals surface area contributed by atoms with Crippen LogP contribution in [0.2, 0.25) is 5.02 Å². The second-order valence-corrected chi connectivity index (χ2v) is 5.26. The minimum Gasteiger partial charge on any atom is -0.361 e. The quantitative estimate of drug-likeness (QED) is 0.804. The lowest BCUT2D eigenvalue weighted by atomic mass is 10.0. The summed E-state index contributed by atoms with van der Waals surface area (Å²) in [6, 6.07) is 7.79. The second kappa shape index (κ2) is 4.67. The minimum atomic E-state index is 0.643. The molecule has 1 aromatic heterocycles. The highest BCUT2D eigenvalue weighted by molar-refractivity contribution is 6.35. The van der Waals surface area contributed by atoms with E-state index in [0.717, 1.165) is 28.7 Å². The number of hydrogen-bond donors (Lipinski definition) is 1. The summed E-state index contributed by atoms with van der Waals surface area (Å²) in [5.41, 5.74) is 3.65. The van der Waals surface area contributed by atoms with E-state index in [1.807, 2.05) is 24.3 Å². The molecule has 0 radical (unpaired) electrons. The van der Waals surface area contributed by atoms with Gasteiger partial charge in [-0.2, -0.15) is 0 Å². The smallest absolute Gasteiger partial charge is 0.0908 e. The molecule has 1 aromatic carbocycles. The predicted molar refractivity (Wildman–Crippen MR) is 80.4 cm³/mol. The Bertz CT molecular complexity index is 662. The monoisotopic (exact) mass is 271 g/mol. The summed E-state index contributed by atoms with van der Waals surface area (Å²) < 4.78 is 0. The number of aromatic nitrogens is 1. The van der Waals surface area contributed by atoms with E-state index in [2.05, 4.69) is 16.5 Å². The van der Waals surface area contributed by atoms with Crippen molar-refractivity contribution in [2.24, 2.45) is 0 Å². The van der Waals surface area contributed by atoms with Crippen LogP contribution < -0.4 is 4.90 Å². The number of hydrogen-bond acceptors (Lipinski definition) is 3. The first kappa shape index (κ1) is 12.2. The molecule has 1 aliphatic heterocycles. The first-order valence-electron chi connectivity index (χ1n) is 6.16. The molecule has 2 aromatic rings. The van der Waals surface area contributed by atoms with Crippen LogP contribution in [0.25, 0.3) is 10.9 Å². The normalized spacial score (nSPS) is 16.2. The van der Waals surface area contributed by atoms with Gasteiger partial charge in [-0.25, -0.2) is 0 Å². The number of benzene rings is 1. The largest absolute Gasteiger partial charge is 0.361 e. The van der Waals surface area contributed by atoms with E-state index in [-0.39, 0.29) is 0 Å². The molecule has 0 bridgehead atoms. The summed E-state index contributed by atoms with van der Waals surface area (Å²) in [7, 11) is 0. The van der Waals surface area contributed by atoms with Crippen molar-refractivity contribution in [1.82, 2.24) is 4.98 Å². The molecule has 3 rings (SSSR count). The molecule has 2 heterocycles. The highest BCUT2D eigenvalue weighted by atomic mass is 35.5. The zero-order valence-corrected chi connectivity index (χ0v) is 11.2. The summed E-state index contributed by atoms with van der Waals surface area (Å²) in [5.74, 6) is 0. The number of nitrogens with one attached hydrogen (secondary N) is 1. The van der Waals surface area contributed by atoms with Gasteiger partial charge in [0.05, 0.1) is 17.1 Å². The van der Waals surface area contributed by atoms with Crippen LogP contribution in [0.3, 0.4) is 0 Å². The molecule has 0 saturated carbocycles. The Hall–Kier alpha value is -1.87. The summed E-state index contributed by atoms with van der Waals surface area (Å²) in [6.45, 7) is 5.44. The fourth-order valence-electron chi connectivity index (χ4n) is 2.54. The Morgan fingerprint density at radius 1 is 1.26 bits per heavy atom. The first-order chi connectivity index (χ1) is 9.15. The molecule has 0 amide bonds. The number of halogens is 1. The van der Waals surface area contributed by atoms with Crippen LogP contribution >= 0.6 is 11.6 Å². The van der Waals surface area contributed by atoms with Crippen LogP contribution in [-0.4, -0.2) is 23.8 Å². The van der Waals surface area contributed by atoms with Gasteiger partial charge in [-0.15, -0.1) is 0 Å². The predicted octanol–water partition coefficient (Wildman–Crippen LogP) is 3.67. The fraction of sp³-hybridized carbons (Fsp3) is 0.200. The van der Waals surface area contributed by atoms with Crippen LogP contribution in [-0.2, 0) is 0 Å². The average Bonchev–Trinajstić information content (AvgIpc) is 2.38. The molecule has 3 nitrogen and oxygen atoms in total. The lowest BCUT2D eigenvalue weighted by molar-refractivity contribution is 0.875. The maximum atomic E-state index is 7.90. The number of fused-ring (bicyclic) bond motifs is 1.